The highest BCUT2D eigenvalue weighted by atomic mass is 19.1. The molecule has 2 amide bonds. The maximum Gasteiger partial charge on any atom is 0.260 e. The van der Waals surface area contributed by atoms with E-state index in [2.05, 4.69) is 0 Å². The number of nitrogens with zero attached hydrogens (tertiary/aromatic N) is 1. The van der Waals surface area contributed by atoms with Crippen LogP contribution in [-0.2, 0) is 9.53 Å². The van der Waals surface area contributed by atoms with E-state index in [4.69, 9.17) is 15.2 Å². The van der Waals surface area contributed by atoms with Crippen LogP contribution in [0, 0.1) is 5.82 Å². The second-order valence-electron chi connectivity index (χ2n) is 4.29. The number of carbonyl (C=O) groups is 2. The summed E-state index contributed by atoms with van der Waals surface area (Å²) in [4.78, 5) is 24.7. The van der Waals surface area contributed by atoms with Gasteiger partial charge in [-0.3, -0.25) is 9.59 Å². The van der Waals surface area contributed by atoms with Gasteiger partial charge in [0.05, 0.1) is 18.8 Å². The van der Waals surface area contributed by atoms with Gasteiger partial charge >= 0.3 is 0 Å². The van der Waals surface area contributed by atoms with Gasteiger partial charge in [-0.15, -0.1) is 0 Å². The summed E-state index contributed by atoms with van der Waals surface area (Å²) in [5, 5.41) is 0. The van der Waals surface area contributed by atoms with Crippen molar-refractivity contribution in [2.45, 2.75) is 0 Å². The number of morpholine rings is 1. The molecule has 0 spiro atoms. The number of carbonyl (C=O) groups excluding carboxylic acids is 2. The summed E-state index contributed by atoms with van der Waals surface area (Å²) in [6, 6.07) is 3.37. The van der Waals surface area contributed by atoms with E-state index in [1.807, 2.05) is 0 Å². The van der Waals surface area contributed by atoms with Gasteiger partial charge in [-0.1, -0.05) is 0 Å². The summed E-state index contributed by atoms with van der Waals surface area (Å²) < 4.78 is 23.5. The van der Waals surface area contributed by atoms with Crippen molar-refractivity contribution in [1.29, 1.82) is 0 Å². The number of nitrogens with two attached hydrogens (primary N) is 1. The summed E-state index contributed by atoms with van der Waals surface area (Å²) in [7, 11) is 0. The maximum absolute atomic E-state index is 13.1. The van der Waals surface area contributed by atoms with Crippen molar-refractivity contribution in [3.05, 3.63) is 29.6 Å². The molecule has 1 saturated heterocycles. The lowest BCUT2D eigenvalue weighted by atomic mass is 10.2. The number of primary amides is 1. The number of hydrogen-bond acceptors (Lipinski definition) is 4. The van der Waals surface area contributed by atoms with Crippen LogP contribution >= 0.6 is 0 Å². The van der Waals surface area contributed by atoms with Crippen LogP contribution in [0.5, 0.6) is 5.75 Å². The smallest absolute Gasteiger partial charge is 0.260 e. The standard InChI is InChI=1S/C13H15FN2O4/c14-9-1-2-10(13(15)18)11(7-9)20-8-12(17)16-3-5-19-6-4-16/h1-2,7H,3-6,8H2,(H2,15,18). The Bertz CT molecular complexity index is 515. The molecule has 1 aromatic carbocycles. The minimum absolute atomic E-state index is 0.0286. The summed E-state index contributed by atoms with van der Waals surface area (Å²) >= 11 is 0. The minimum Gasteiger partial charge on any atom is -0.483 e. The predicted octanol–water partition coefficient (Wildman–Crippen LogP) is 0.162. The number of hydrogen-bond donors (Lipinski definition) is 1. The van der Waals surface area contributed by atoms with E-state index in [0.29, 0.717) is 26.3 Å². The fraction of sp³-hybridized carbons (Fsp3) is 0.385. The molecule has 0 bridgehead atoms. The largest absolute Gasteiger partial charge is 0.483 e. The molecule has 0 saturated carbocycles. The number of halogens is 1. The zero-order valence-electron chi connectivity index (χ0n) is 10.8. The topological polar surface area (TPSA) is 81.9 Å². The van der Waals surface area contributed by atoms with Gasteiger partial charge in [0, 0.05) is 19.2 Å². The van der Waals surface area contributed by atoms with Crippen LogP contribution in [0.3, 0.4) is 0 Å². The second-order valence-corrected chi connectivity index (χ2v) is 4.29. The fourth-order valence-electron chi connectivity index (χ4n) is 1.86. The average Bonchev–Trinajstić information content (AvgIpc) is 2.45. The molecule has 20 heavy (non-hydrogen) atoms. The molecule has 0 aliphatic carbocycles. The third kappa shape index (κ3) is 3.45. The maximum atomic E-state index is 13.1. The van der Waals surface area contributed by atoms with E-state index < -0.39 is 11.7 Å². The van der Waals surface area contributed by atoms with E-state index in [0.717, 1.165) is 12.1 Å². The molecule has 2 N–H and O–H groups in total. The first-order valence-corrected chi connectivity index (χ1v) is 6.15. The quantitative estimate of drug-likeness (QED) is 0.853. The Kier molecular flexibility index (Phi) is 4.52. The van der Waals surface area contributed by atoms with E-state index in [1.54, 1.807) is 4.90 Å². The van der Waals surface area contributed by atoms with Gasteiger partial charge in [0.1, 0.15) is 11.6 Å². The van der Waals surface area contributed by atoms with Gasteiger partial charge in [0.2, 0.25) is 0 Å². The van der Waals surface area contributed by atoms with Crippen molar-refractivity contribution in [3.63, 3.8) is 0 Å². The monoisotopic (exact) mass is 282 g/mol. The summed E-state index contributed by atoms with van der Waals surface area (Å²) in [5.41, 5.74) is 5.20. The third-order valence-corrected chi connectivity index (χ3v) is 2.92. The Morgan fingerprint density at radius 1 is 1.35 bits per heavy atom. The molecule has 1 aromatic rings. The number of rotatable bonds is 4. The number of benzene rings is 1. The molecule has 0 aromatic heterocycles. The molecule has 1 heterocycles. The molecule has 2 rings (SSSR count). The van der Waals surface area contributed by atoms with Crippen LogP contribution in [0.4, 0.5) is 4.39 Å². The van der Waals surface area contributed by atoms with Gasteiger partial charge in [-0.2, -0.15) is 0 Å². The Balaban J connectivity index is 2.01. The van der Waals surface area contributed by atoms with Crippen molar-refractivity contribution in [2.75, 3.05) is 32.9 Å². The second kappa shape index (κ2) is 6.33. The average molecular weight is 282 g/mol. The Hall–Kier alpha value is -2.15. The minimum atomic E-state index is -0.737. The zero-order chi connectivity index (χ0) is 14.5. The van der Waals surface area contributed by atoms with Crippen LogP contribution in [0.25, 0.3) is 0 Å². The fourth-order valence-corrected chi connectivity index (χ4v) is 1.86. The van der Waals surface area contributed by atoms with Crippen molar-refractivity contribution in [2.24, 2.45) is 5.73 Å². The summed E-state index contributed by atoms with van der Waals surface area (Å²) in [6.45, 7) is 1.68. The van der Waals surface area contributed by atoms with Crippen molar-refractivity contribution in [1.82, 2.24) is 4.90 Å². The molecular weight excluding hydrogens is 267 g/mol. The first-order chi connectivity index (χ1) is 9.58. The van der Waals surface area contributed by atoms with Crippen molar-refractivity contribution < 1.29 is 23.5 Å². The first-order valence-electron chi connectivity index (χ1n) is 6.15. The van der Waals surface area contributed by atoms with Gasteiger partial charge in [0.15, 0.2) is 6.61 Å². The lowest BCUT2D eigenvalue weighted by Crippen LogP contribution is -2.43. The molecule has 108 valence electrons. The third-order valence-electron chi connectivity index (χ3n) is 2.92. The SMILES string of the molecule is NC(=O)c1ccc(F)cc1OCC(=O)N1CCOCC1. The Morgan fingerprint density at radius 3 is 2.70 bits per heavy atom. The van der Waals surface area contributed by atoms with Crippen molar-refractivity contribution in [3.8, 4) is 5.75 Å². The summed E-state index contributed by atoms with van der Waals surface area (Å²) in [6.07, 6.45) is 0. The molecule has 0 atom stereocenters. The Labute approximate surface area is 115 Å². The highest BCUT2D eigenvalue weighted by Gasteiger charge is 2.18. The zero-order valence-corrected chi connectivity index (χ0v) is 10.8. The van der Waals surface area contributed by atoms with Crippen LogP contribution in [-0.4, -0.2) is 49.6 Å². The molecular formula is C13H15FN2O4. The normalized spacial score (nSPS) is 14.9. The first kappa shape index (κ1) is 14.3. The lowest BCUT2D eigenvalue weighted by Gasteiger charge is -2.26. The van der Waals surface area contributed by atoms with Crippen LogP contribution < -0.4 is 10.5 Å². The van der Waals surface area contributed by atoms with E-state index in [1.165, 1.54) is 6.07 Å². The molecule has 7 heteroatoms. The van der Waals surface area contributed by atoms with Gasteiger partial charge in [-0.25, -0.2) is 4.39 Å². The van der Waals surface area contributed by atoms with Crippen molar-refractivity contribution >= 4 is 11.8 Å². The van der Waals surface area contributed by atoms with Crippen LogP contribution in [0.2, 0.25) is 0 Å². The highest BCUT2D eigenvalue weighted by Crippen LogP contribution is 2.19. The van der Waals surface area contributed by atoms with Crippen LogP contribution in [0.15, 0.2) is 18.2 Å². The van der Waals surface area contributed by atoms with Crippen LogP contribution in [0.1, 0.15) is 10.4 Å². The van der Waals surface area contributed by atoms with E-state index >= 15 is 0 Å². The molecule has 6 nitrogen and oxygen atoms in total. The lowest BCUT2D eigenvalue weighted by molar-refractivity contribution is -0.137. The summed E-state index contributed by atoms with van der Waals surface area (Å²) in [5.74, 6) is -1.57. The van der Waals surface area contributed by atoms with Gasteiger partial charge < -0.3 is 20.1 Å². The predicted molar refractivity (Wildman–Crippen MR) is 67.8 cm³/mol. The molecule has 0 unspecified atom stereocenters. The Morgan fingerprint density at radius 2 is 2.05 bits per heavy atom. The number of amides is 2. The molecule has 1 aliphatic rings. The van der Waals surface area contributed by atoms with Gasteiger partial charge in [0.25, 0.3) is 11.8 Å². The highest BCUT2D eigenvalue weighted by molar-refractivity contribution is 5.95. The number of ether oxygens (including phenoxy) is 2. The van der Waals surface area contributed by atoms with E-state index in [-0.39, 0.29) is 23.8 Å². The van der Waals surface area contributed by atoms with Gasteiger partial charge in [-0.05, 0) is 12.1 Å². The molecule has 0 radical (unpaired) electrons. The molecule has 1 aliphatic heterocycles. The van der Waals surface area contributed by atoms with E-state index in [9.17, 15) is 14.0 Å². The molecule has 1 fully saturated rings.